The summed E-state index contributed by atoms with van der Waals surface area (Å²) in [6, 6.07) is 9.26. The van der Waals surface area contributed by atoms with Gasteiger partial charge in [-0.2, -0.15) is 0 Å². The number of piperazine rings is 1. The largest absolute Gasteiger partial charge is 0.364 e. The van der Waals surface area contributed by atoms with Crippen LogP contribution < -0.4 is 5.32 Å². The Morgan fingerprint density at radius 1 is 1.26 bits per heavy atom. The standard InChI is InChI=1S/C18H22ClN5O2.HI/c1-20-18(21-13-16-5-10-26-22-16)24-8-6-23(7-9-24)17(25)12-14-3-2-4-15(19)11-14;/h2-5,10-11H,6-9,12-13H2,1H3,(H,20,21);1H. The van der Waals surface area contributed by atoms with Crippen LogP contribution in [-0.2, 0) is 17.8 Å². The second kappa shape index (κ2) is 10.5. The fourth-order valence-corrected chi connectivity index (χ4v) is 3.14. The third-order valence-corrected chi connectivity index (χ3v) is 4.54. The molecule has 0 aliphatic carbocycles. The van der Waals surface area contributed by atoms with Crippen molar-refractivity contribution < 1.29 is 9.32 Å². The lowest BCUT2D eigenvalue weighted by Crippen LogP contribution is -2.53. The number of halogens is 2. The molecule has 1 aliphatic rings. The molecule has 1 N–H and O–H groups in total. The van der Waals surface area contributed by atoms with E-state index in [1.165, 1.54) is 0 Å². The summed E-state index contributed by atoms with van der Waals surface area (Å²) in [5, 5.41) is 7.80. The first-order chi connectivity index (χ1) is 12.7. The highest BCUT2D eigenvalue weighted by atomic mass is 127. The second-order valence-corrected chi connectivity index (χ2v) is 6.50. The maximum Gasteiger partial charge on any atom is 0.227 e. The SMILES string of the molecule is CN=C(NCc1ccon1)N1CCN(C(=O)Cc2cccc(Cl)c2)CC1.I. The maximum absolute atomic E-state index is 12.5. The predicted molar refractivity (Wildman–Crippen MR) is 115 cm³/mol. The molecule has 2 aromatic rings. The summed E-state index contributed by atoms with van der Waals surface area (Å²) < 4.78 is 4.83. The molecule has 1 aromatic carbocycles. The summed E-state index contributed by atoms with van der Waals surface area (Å²) in [7, 11) is 1.75. The highest BCUT2D eigenvalue weighted by Crippen LogP contribution is 2.13. The number of guanidine groups is 1. The smallest absolute Gasteiger partial charge is 0.227 e. The molecule has 0 unspecified atom stereocenters. The number of aromatic nitrogens is 1. The van der Waals surface area contributed by atoms with E-state index < -0.39 is 0 Å². The summed E-state index contributed by atoms with van der Waals surface area (Å²) >= 11 is 5.99. The summed E-state index contributed by atoms with van der Waals surface area (Å²) in [4.78, 5) is 20.9. The van der Waals surface area contributed by atoms with E-state index in [0.29, 0.717) is 31.1 Å². The van der Waals surface area contributed by atoms with Gasteiger partial charge in [-0.05, 0) is 17.7 Å². The second-order valence-electron chi connectivity index (χ2n) is 6.07. The lowest BCUT2D eigenvalue weighted by atomic mass is 10.1. The third-order valence-electron chi connectivity index (χ3n) is 4.31. The van der Waals surface area contributed by atoms with E-state index in [4.69, 9.17) is 16.1 Å². The molecular formula is C18H23ClIN5O2. The van der Waals surface area contributed by atoms with Crippen LogP contribution in [0.15, 0.2) is 46.1 Å². The molecule has 0 saturated carbocycles. The van der Waals surface area contributed by atoms with Crippen molar-refractivity contribution in [3.8, 4) is 0 Å². The van der Waals surface area contributed by atoms with E-state index in [-0.39, 0.29) is 29.9 Å². The number of carbonyl (C=O) groups excluding carboxylic acids is 1. The molecule has 2 heterocycles. The van der Waals surface area contributed by atoms with Gasteiger partial charge in [0.15, 0.2) is 5.96 Å². The van der Waals surface area contributed by atoms with Crippen LogP contribution in [0.3, 0.4) is 0 Å². The molecule has 0 spiro atoms. The first-order valence-electron chi connectivity index (χ1n) is 8.53. The Morgan fingerprint density at radius 3 is 2.63 bits per heavy atom. The fourth-order valence-electron chi connectivity index (χ4n) is 2.93. The van der Waals surface area contributed by atoms with Gasteiger partial charge in [-0.1, -0.05) is 28.9 Å². The Labute approximate surface area is 180 Å². The van der Waals surface area contributed by atoms with Crippen molar-refractivity contribution in [1.82, 2.24) is 20.3 Å². The summed E-state index contributed by atoms with van der Waals surface area (Å²) in [6.45, 7) is 3.37. The molecule has 1 aromatic heterocycles. The summed E-state index contributed by atoms with van der Waals surface area (Å²) in [5.41, 5.74) is 1.76. The molecule has 146 valence electrons. The van der Waals surface area contributed by atoms with Crippen LogP contribution >= 0.6 is 35.6 Å². The van der Waals surface area contributed by atoms with Crippen LogP contribution in [0.1, 0.15) is 11.3 Å². The van der Waals surface area contributed by atoms with Gasteiger partial charge in [0.2, 0.25) is 5.91 Å². The first-order valence-corrected chi connectivity index (χ1v) is 8.90. The average Bonchev–Trinajstić information content (AvgIpc) is 3.16. The fraction of sp³-hybridized carbons (Fsp3) is 0.389. The quantitative estimate of drug-likeness (QED) is 0.394. The number of hydrogen-bond donors (Lipinski definition) is 1. The minimum atomic E-state index is 0. The van der Waals surface area contributed by atoms with Crippen molar-refractivity contribution in [3.05, 3.63) is 52.9 Å². The number of carbonyl (C=O) groups is 1. The first kappa shape index (κ1) is 21.5. The Hall–Kier alpha value is -1.81. The van der Waals surface area contributed by atoms with Gasteiger partial charge < -0.3 is 19.6 Å². The molecule has 27 heavy (non-hydrogen) atoms. The zero-order valence-corrected chi connectivity index (χ0v) is 18.2. The Kier molecular flexibility index (Phi) is 8.36. The maximum atomic E-state index is 12.5. The van der Waals surface area contributed by atoms with Gasteiger partial charge in [0.05, 0.1) is 13.0 Å². The zero-order chi connectivity index (χ0) is 18.4. The minimum Gasteiger partial charge on any atom is -0.364 e. The third kappa shape index (κ3) is 6.10. The lowest BCUT2D eigenvalue weighted by Gasteiger charge is -2.36. The molecule has 9 heteroatoms. The molecule has 0 radical (unpaired) electrons. The Morgan fingerprint density at radius 2 is 2.00 bits per heavy atom. The molecule has 1 fully saturated rings. The predicted octanol–water partition coefficient (Wildman–Crippen LogP) is 2.41. The summed E-state index contributed by atoms with van der Waals surface area (Å²) in [5.74, 6) is 0.924. The lowest BCUT2D eigenvalue weighted by molar-refractivity contribution is -0.131. The number of hydrogen-bond acceptors (Lipinski definition) is 4. The van der Waals surface area contributed by atoms with E-state index in [0.717, 1.165) is 30.3 Å². The van der Waals surface area contributed by atoms with Crippen molar-refractivity contribution >= 4 is 47.4 Å². The average molecular weight is 504 g/mol. The number of amides is 1. The molecule has 0 bridgehead atoms. The van der Waals surface area contributed by atoms with Crippen LogP contribution in [-0.4, -0.2) is 60.0 Å². The van der Waals surface area contributed by atoms with Gasteiger partial charge >= 0.3 is 0 Å². The number of rotatable bonds is 4. The van der Waals surface area contributed by atoms with E-state index in [1.54, 1.807) is 13.3 Å². The van der Waals surface area contributed by atoms with Crippen LogP contribution in [0.4, 0.5) is 0 Å². The molecule has 7 nitrogen and oxygen atoms in total. The minimum absolute atomic E-state index is 0. The molecular weight excluding hydrogens is 481 g/mol. The number of nitrogens with one attached hydrogen (secondary N) is 1. The highest BCUT2D eigenvalue weighted by Gasteiger charge is 2.23. The zero-order valence-electron chi connectivity index (χ0n) is 15.1. The molecule has 1 amide bonds. The highest BCUT2D eigenvalue weighted by molar-refractivity contribution is 14.0. The normalized spacial score (nSPS) is 14.7. The molecule has 1 aliphatic heterocycles. The topological polar surface area (TPSA) is 74.0 Å². The van der Waals surface area contributed by atoms with Crippen LogP contribution in [0.2, 0.25) is 5.02 Å². The van der Waals surface area contributed by atoms with E-state index in [2.05, 4.69) is 20.4 Å². The summed E-state index contributed by atoms with van der Waals surface area (Å²) in [6.07, 6.45) is 1.92. The van der Waals surface area contributed by atoms with Gasteiger partial charge in [0.1, 0.15) is 12.0 Å². The van der Waals surface area contributed by atoms with Gasteiger partial charge in [-0.15, -0.1) is 24.0 Å². The van der Waals surface area contributed by atoms with Crippen molar-refractivity contribution in [2.24, 2.45) is 4.99 Å². The molecule has 1 saturated heterocycles. The van der Waals surface area contributed by atoms with Crippen molar-refractivity contribution in [3.63, 3.8) is 0 Å². The Balaban J connectivity index is 0.00000261. The van der Waals surface area contributed by atoms with Gasteiger partial charge in [0.25, 0.3) is 0 Å². The van der Waals surface area contributed by atoms with Crippen LogP contribution in [0.25, 0.3) is 0 Å². The van der Waals surface area contributed by atoms with Gasteiger partial charge in [-0.25, -0.2) is 0 Å². The number of nitrogens with zero attached hydrogens (tertiary/aromatic N) is 4. The van der Waals surface area contributed by atoms with E-state index in [1.807, 2.05) is 35.2 Å². The van der Waals surface area contributed by atoms with Crippen LogP contribution in [0.5, 0.6) is 0 Å². The van der Waals surface area contributed by atoms with E-state index in [9.17, 15) is 4.79 Å². The van der Waals surface area contributed by atoms with Gasteiger partial charge in [-0.3, -0.25) is 9.79 Å². The van der Waals surface area contributed by atoms with Crippen molar-refractivity contribution in [2.45, 2.75) is 13.0 Å². The molecule has 3 rings (SSSR count). The number of aliphatic imine (C=N–C) groups is 1. The van der Waals surface area contributed by atoms with Crippen LogP contribution in [0, 0.1) is 0 Å². The monoisotopic (exact) mass is 503 g/mol. The Bertz CT molecular complexity index is 761. The van der Waals surface area contributed by atoms with Crippen molar-refractivity contribution in [1.29, 1.82) is 0 Å². The van der Waals surface area contributed by atoms with Gasteiger partial charge in [0, 0.05) is 44.3 Å². The van der Waals surface area contributed by atoms with E-state index >= 15 is 0 Å². The van der Waals surface area contributed by atoms with Crippen molar-refractivity contribution in [2.75, 3.05) is 33.2 Å². The molecule has 0 atom stereocenters. The number of benzene rings is 1.